The molecular weight excluding hydrogens is 1060 g/mol. The summed E-state index contributed by atoms with van der Waals surface area (Å²) >= 11 is 9.97. The van der Waals surface area contributed by atoms with Gasteiger partial charge in [0.2, 0.25) is 0 Å². The SMILES string of the molecule is CCCCCCCCCCCCc1csc(-c2ccc(-c3cc(CCCCCCCCCCCC)c(-c4cc5c6cc(C(CCCCCCCC)CCCCCCCCCCCC)sc6c6ccsc6c5s4)s3)c3nonc23)c1. The Hall–Kier alpha value is -2.88. The summed E-state index contributed by atoms with van der Waals surface area (Å²) < 4.78 is 10.1. The van der Waals surface area contributed by atoms with Gasteiger partial charge >= 0.3 is 0 Å². The van der Waals surface area contributed by atoms with Crippen LogP contribution >= 0.6 is 56.7 Å². The number of unbranched alkanes of at least 4 members (excludes halogenated alkanes) is 32. The van der Waals surface area contributed by atoms with Crippen LogP contribution in [0.15, 0.2) is 57.9 Å². The van der Waals surface area contributed by atoms with Gasteiger partial charge < -0.3 is 0 Å². The second-order valence-electron chi connectivity index (χ2n) is 23.9. The van der Waals surface area contributed by atoms with Crippen molar-refractivity contribution in [3.05, 3.63) is 69.2 Å². The van der Waals surface area contributed by atoms with Gasteiger partial charge in [0.25, 0.3) is 0 Å². The fourth-order valence-corrected chi connectivity index (χ4v) is 18.5. The van der Waals surface area contributed by atoms with Crippen LogP contribution in [0.25, 0.3) is 71.9 Å². The van der Waals surface area contributed by atoms with Crippen LogP contribution in [0.1, 0.15) is 294 Å². The van der Waals surface area contributed by atoms with Crippen LogP contribution in [-0.4, -0.2) is 10.3 Å². The molecule has 8 heteroatoms. The van der Waals surface area contributed by atoms with Crippen molar-refractivity contribution in [2.45, 2.75) is 290 Å². The zero-order chi connectivity index (χ0) is 54.7. The molecule has 3 nitrogen and oxygen atoms in total. The summed E-state index contributed by atoms with van der Waals surface area (Å²) in [6, 6.07) is 17.3. The van der Waals surface area contributed by atoms with Crippen LogP contribution in [0.5, 0.6) is 0 Å². The second kappa shape index (κ2) is 35.3. The first-order chi connectivity index (χ1) is 39.1. The molecule has 6 aromatic heterocycles. The van der Waals surface area contributed by atoms with Crippen LogP contribution in [0, 0.1) is 0 Å². The van der Waals surface area contributed by atoms with Crippen LogP contribution in [-0.2, 0) is 12.8 Å². The molecule has 2 aromatic carbocycles. The zero-order valence-electron chi connectivity index (χ0n) is 49.9. The molecule has 432 valence electrons. The molecule has 0 aliphatic carbocycles. The standard InChI is InChI=1S/C71H102N2OS5/c1-5-9-13-17-21-24-27-30-33-37-41-54-49-63(76-53-54)57-45-46-58(67-66(57)72-74-73-67)64-50-56(44-40-36-32-29-26-23-19-15-11-7-3)68(78-64)65-52-61-60-51-62(77-69(60)59-47-48-75-70(59)71(61)79-65)55(42-38-34-20-16-12-8-4)43-39-35-31-28-25-22-18-14-10-6-2/h45-53,55H,5-44H2,1-4H3. The molecule has 1 unspecified atom stereocenters. The molecule has 0 aliphatic rings. The van der Waals surface area contributed by atoms with Crippen LogP contribution in [0.2, 0.25) is 0 Å². The summed E-state index contributed by atoms with van der Waals surface area (Å²) in [6.45, 7) is 9.28. The lowest BCUT2D eigenvalue weighted by Gasteiger charge is -2.15. The summed E-state index contributed by atoms with van der Waals surface area (Å²) in [4.78, 5) is 7.07. The van der Waals surface area contributed by atoms with Crippen molar-refractivity contribution >= 4 is 98.0 Å². The van der Waals surface area contributed by atoms with Crippen molar-refractivity contribution in [1.29, 1.82) is 0 Å². The van der Waals surface area contributed by atoms with Gasteiger partial charge in [-0.2, -0.15) is 0 Å². The minimum absolute atomic E-state index is 0.664. The van der Waals surface area contributed by atoms with E-state index in [-0.39, 0.29) is 0 Å². The minimum Gasteiger partial charge on any atom is -0.243 e. The molecule has 0 bridgehead atoms. The highest BCUT2D eigenvalue weighted by Gasteiger charge is 2.24. The third kappa shape index (κ3) is 18.6. The van der Waals surface area contributed by atoms with E-state index in [9.17, 15) is 0 Å². The van der Waals surface area contributed by atoms with Gasteiger partial charge in [0.15, 0.2) is 0 Å². The Morgan fingerprint density at radius 2 is 0.873 bits per heavy atom. The number of nitrogens with zero attached hydrogens (tertiary/aromatic N) is 2. The molecule has 8 rings (SSSR count). The highest BCUT2D eigenvalue weighted by Crippen LogP contribution is 2.51. The monoisotopic (exact) mass is 1160 g/mol. The summed E-state index contributed by atoms with van der Waals surface area (Å²) in [5, 5.41) is 18.4. The molecule has 0 aliphatic heterocycles. The maximum Gasteiger partial charge on any atom is 0.144 e. The van der Waals surface area contributed by atoms with E-state index in [1.165, 1.54) is 305 Å². The Morgan fingerprint density at radius 3 is 1.42 bits per heavy atom. The van der Waals surface area contributed by atoms with E-state index in [4.69, 9.17) is 4.63 Å². The topological polar surface area (TPSA) is 38.9 Å². The summed E-state index contributed by atoms with van der Waals surface area (Å²) in [6.07, 6.45) is 54.5. The maximum absolute atomic E-state index is 5.64. The van der Waals surface area contributed by atoms with Gasteiger partial charge in [-0.05, 0) is 107 Å². The van der Waals surface area contributed by atoms with Crippen LogP contribution < -0.4 is 0 Å². The lowest BCUT2D eigenvalue weighted by Crippen LogP contribution is -1.97. The predicted octanol–water partition coefficient (Wildman–Crippen LogP) is 27.1. The van der Waals surface area contributed by atoms with Gasteiger partial charge in [0, 0.05) is 56.4 Å². The highest BCUT2D eigenvalue weighted by atomic mass is 32.1. The van der Waals surface area contributed by atoms with E-state index in [1.807, 2.05) is 34.0 Å². The number of hydrogen-bond acceptors (Lipinski definition) is 8. The molecule has 0 spiro atoms. The zero-order valence-corrected chi connectivity index (χ0v) is 54.0. The number of aryl methyl sites for hydroxylation is 2. The van der Waals surface area contributed by atoms with E-state index in [0.717, 1.165) is 35.0 Å². The smallest absolute Gasteiger partial charge is 0.144 e. The van der Waals surface area contributed by atoms with E-state index in [0.29, 0.717) is 5.92 Å². The van der Waals surface area contributed by atoms with Gasteiger partial charge in [0.05, 0.1) is 9.40 Å². The fraction of sp³-hybridized carbons (Fsp3) is 0.634. The normalized spacial score (nSPS) is 12.5. The molecule has 8 aromatic rings. The van der Waals surface area contributed by atoms with Gasteiger partial charge in [-0.1, -0.05) is 258 Å². The number of fused-ring (bicyclic) bond motifs is 7. The van der Waals surface area contributed by atoms with E-state index in [2.05, 4.69) is 114 Å². The molecular formula is C71H102N2OS5. The summed E-state index contributed by atoms with van der Waals surface area (Å²) in [5.74, 6) is 0.664. The summed E-state index contributed by atoms with van der Waals surface area (Å²) in [7, 11) is 0. The Labute approximate surface area is 499 Å². The summed E-state index contributed by atoms with van der Waals surface area (Å²) in [5.41, 5.74) is 7.00. The highest BCUT2D eigenvalue weighted by molar-refractivity contribution is 7.31. The Morgan fingerprint density at radius 1 is 0.392 bits per heavy atom. The fourth-order valence-electron chi connectivity index (χ4n) is 12.5. The van der Waals surface area contributed by atoms with Crippen molar-refractivity contribution in [1.82, 2.24) is 10.3 Å². The third-order valence-electron chi connectivity index (χ3n) is 17.4. The molecule has 79 heavy (non-hydrogen) atoms. The van der Waals surface area contributed by atoms with E-state index >= 15 is 0 Å². The first-order valence-electron chi connectivity index (χ1n) is 32.9. The van der Waals surface area contributed by atoms with E-state index < -0.39 is 0 Å². The molecule has 1 atom stereocenters. The van der Waals surface area contributed by atoms with Gasteiger partial charge in [-0.25, -0.2) is 4.63 Å². The number of aromatic nitrogens is 2. The molecule has 0 saturated heterocycles. The molecule has 6 heterocycles. The minimum atomic E-state index is 0.664. The van der Waals surface area contributed by atoms with Gasteiger partial charge in [0.1, 0.15) is 11.0 Å². The second-order valence-corrected chi connectivity index (χ2v) is 28.9. The average Bonchev–Trinajstić information content (AvgIpc) is 4.37. The number of benzene rings is 2. The molecule has 0 amide bonds. The third-order valence-corrected chi connectivity index (χ3v) is 23.3. The van der Waals surface area contributed by atoms with E-state index in [1.54, 1.807) is 4.88 Å². The van der Waals surface area contributed by atoms with Crippen LogP contribution in [0.3, 0.4) is 0 Å². The molecule has 0 radical (unpaired) electrons. The predicted molar refractivity (Wildman–Crippen MR) is 358 cm³/mol. The van der Waals surface area contributed by atoms with Crippen molar-refractivity contribution in [3.63, 3.8) is 0 Å². The Kier molecular flexibility index (Phi) is 27.8. The maximum atomic E-state index is 5.64. The lowest BCUT2D eigenvalue weighted by molar-refractivity contribution is 0.315. The Balaban J connectivity index is 1.02. The lowest BCUT2D eigenvalue weighted by atomic mass is 9.92. The molecule has 0 N–H and O–H groups in total. The quantitative estimate of drug-likeness (QED) is 0.0357. The van der Waals surface area contributed by atoms with Gasteiger partial charge in [-0.3, -0.25) is 0 Å². The number of hydrogen-bond donors (Lipinski definition) is 0. The number of rotatable bonds is 44. The molecule has 0 fully saturated rings. The van der Waals surface area contributed by atoms with Crippen molar-refractivity contribution < 1.29 is 4.63 Å². The largest absolute Gasteiger partial charge is 0.243 e. The first kappa shape index (κ1) is 62.2. The van der Waals surface area contributed by atoms with Crippen molar-refractivity contribution in [2.75, 3.05) is 0 Å². The average molecular weight is 1160 g/mol. The van der Waals surface area contributed by atoms with Crippen molar-refractivity contribution in [2.24, 2.45) is 0 Å². The Bertz CT molecular complexity index is 2920. The van der Waals surface area contributed by atoms with Crippen molar-refractivity contribution in [3.8, 4) is 30.6 Å². The number of thiophene rings is 5. The van der Waals surface area contributed by atoms with Gasteiger partial charge in [-0.15, -0.1) is 56.7 Å². The first-order valence-corrected chi connectivity index (χ1v) is 37.1. The van der Waals surface area contributed by atoms with Crippen LogP contribution in [0.4, 0.5) is 0 Å². The molecule has 0 saturated carbocycles.